The largest absolute Gasteiger partial charge is 0.336 e. The monoisotopic (exact) mass is 348 g/mol. The van der Waals surface area contributed by atoms with Gasteiger partial charge in [0.15, 0.2) is 4.73 Å². The summed E-state index contributed by atoms with van der Waals surface area (Å²) in [6.07, 6.45) is 3.17. The number of hydrogen-bond acceptors (Lipinski definition) is 3. The molecule has 110 valence electrons. The van der Waals surface area contributed by atoms with Crippen molar-refractivity contribution in [3.63, 3.8) is 0 Å². The number of halogens is 1. The van der Waals surface area contributed by atoms with E-state index in [0.29, 0.717) is 16.5 Å². The molecule has 1 aliphatic rings. The molecule has 0 atom stereocenters. The van der Waals surface area contributed by atoms with Crippen LogP contribution in [0.1, 0.15) is 29.0 Å². The average Bonchev–Trinajstić information content (AvgIpc) is 2.95. The zero-order chi connectivity index (χ0) is 14.7. The normalized spacial score (nSPS) is 16.1. The van der Waals surface area contributed by atoms with Crippen LogP contribution in [0.4, 0.5) is 0 Å². The van der Waals surface area contributed by atoms with Crippen LogP contribution >= 0.6 is 15.9 Å². The molecule has 0 unspecified atom stereocenters. The van der Waals surface area contributed by atoms with Gasteiger partial charge in [-0.25, -0.2) is 0 Å². The van der Waals surface area contributed by atoms with Gasteiger partial charge in [-0.1, -0.05) is 30.3 Å². The van der Waals surface area contributed by atoms with Gasteiger partial charge in [-0.3, -0.25) is 4.79 Å². The lowest BCUT2D eigenvalue weighted by molar-refractivity contribution is 0.0678. The Labute approximate surface area is 131 Å². The van der Waals surface area contributed by atoms with E-state index in [1.165, 1.54) is 5.56 Å². The number of piperidine rings is 1. The zero-order valence-corrected chi connectivity index (χ0v) is 13.2. The number of hydrogen-bond donors (Lipinski definition) is 1. The molecule has 21 heavy (non-hydrogen) atoms. The molecule has 0 bridgehead atoms. The van der Waals surface area contributed by atoms with E-state index in [-0.39, 0.29) is 5.91 Å². The number of aromatic nitrogens is 3. The maximum absolute atomic E-state index is 12.2. The van der Waals surface area contributed by atoms with E-state index in [1.54, 1.807) is 0 Å². The summed E-state index contributed by atoms with van der Waals surface area (Å²) in [6.45, 7) is 1.57. The fraction of sp³-hybridized carbons (Fsp3) is 0.400. The molecule has 1 fully saturated rings. The average molecular weight is 349 g/mol. The summed E-state index contributed by atoms with van der Waals surface area (Å²) in [5.41, 5.74) is 1.38. The van der Waals surface area contributed by atoms with Gasteiger partial charge in [0, 0.05) is 13.1 Å². The first kappa shape index (κ1) is 14.3. The number of carbonyl (C=O) groups excluding carboxylic acids is 1. The predicted octanol–water partition coefficient (Wildman–Crippen LogP) is 2.66. The van der Waals surface area contributed by atoms with Crippen molar-refractivity contribution in [3.8, 4) is 0 Å². The third-order valence-electron chi connectivity index (χ3n) is 3.93. The van der Waals surface area contributed by atoms with E-state index in [4.69, 9.17) is 0 Å². The van der Waals surface area contributed by atoms with Gasteiger partial charge < -0.3 is 9.88 Å². The molecule has 1 aromatic heterocycles. The summed E-state index contributed by atoms with van der Waals surface area (Å²) in [7, 11) is 0. The Balaban J connectivity index is 1.54. The van der Waals surface area contributed by atoms with Gasteiger partial charge in [0.25, 0.3) is 5.91 Å². The summed E-state index contributed by atoms with van der Waals surface area (Å²) in [6, 6.07) is 10.5. The Kier molecular flexibility index (Phi) is 4.34. The molecule has 1 amide bonds. The standard InChI is InChI=1S/C15H17BrN4O/c16-15-17-13(18-19-15)14(21)20-8-6-12(7-9-20)10-11-4-2-1-3-5-11/h1-5,12H,6-10H2,(H,17,18,19). The lowest BCUT2D eigenvalue weighted by atomic mass is 9.90. The van der Waals surface area contributed by atoms with Crippen LogP contribution < -0.4 is 0 Å². The summed E-state index contributed by atoms with van der Waals surface area (Å²) in [5.74, 6) is 0.896. The highest BCUT2D eigenvalue weighted by atomic mass is 79.9. The summed E-state index contributed by atoms with van der Waals surface area (Å²) in [4.78, 5) is 16.9. The van der Waals surface area contributed by atoms with Gasteiger partial charge >= 0.3 is 0 Å². The lowest BCUT2D eigenvalue weighted by Gasteiger charge is -2.31. The fourth-order valence-corrected chi connectivity index (χ4v) is 3.04. The van der Waals surface area contributed by atoms with Crippen molar-refractivity contribution < 1.29 is 4.79 Å². The molecule has 6 heteroatoms. The van der Waals surface area contributed by atoms with E-state index in [0.717, 1.165) is 32.4 Å². The topological polar surface area (TPSA) is 61.9 Å². The van der Waals surface area contributed by atoms with Crippen molar-refractivity contribution in [3.05, 3.63) is 46.5 Å². The molecule has 3 rings (SSSR count). The van der Waals surface area contributed by atoms with Crippen LogP contribution in [0.5, 0.6) is 0 Å². The van der Waals surface area contributed by atoms with Crippen LogP contribution in [0.25, 0.3) is 0 Å². The van der Waals surface area contributed by atoms with Crippen molar-refractivity contribution in [2.24, 2.45) is 5.92 Å². The van der Waals surface area contributed by atoms with E-state index in [1.807, 2.05) is 11.0 Å². The first-order chi connectivity index (χ1) is 10.2. The SMILES string of the molecule is O=C(c1nnc(Br)[nH]1)N1CCC(Cc2ccccc2)CC1. The Morgan fingerprint density at radius 2 is 1.95 bits per heavy atom. The van der Waals surface area contributed by atoms with Crippen LogP contribution in [0.3, 0.4) is 0 Å². The van der Waals surface area contributed by atoms with Crippen LogP contribution in [0, 0.1) is 5.92 Å². The third kappa shape index (κ3) is 3.50. The van der Waals surface area contributed by atoms with Crippen molar-refractivity contribution in [1.29, 1.82) is 0 Å². The molecular weight excluding hydrogens is 332 g/mol. The first-order valence-corrected chi connectivity index (χ1v) is 7.93. The number of aromatic amines is 1. The van der Waals surface area contributed by atoms with Gasteiger partial charge in [-0.2, -0.15) is 0 Å². The van der Waals surface area contributed by atoms with Crippen molar-refractivity contribution in [2.45, 2.75) is 19.3 Å². The molecule has 0 saturated carbocycles. The smallest absolute Gasteiger partial charge is 0.291 e. The summed E-state index contributed by atoms with van der Waals surface area (Å²) in [5, 5.41) is 7.60. The lowest BCUT2D eigenvalue weighted by Crippen LogP contribution is -2.39. The zero-order valence-electron chi connectivity index (χ0n) is 11.6. The minimum Gasteiger partial charge on any atom is -0.336 e. The van der Waals surface area contributed by atoms with Gasteiger partial charge in [-0.05, 0) is 46.7 Å². The van der Waals surface area contributed by atoms with Crippen LogP contribution in [-0.4, -0.2) is 39.1 Å². The second-order valence-corrected chi connectivity index (χ2v) is 6.14. The molecular formula is C15H17BrN4O. The number of nitrogens with one attached hydrogen (secondary N) is 1. The molecule has 2 aromatic rings. The minimum atomic E-state index is -0.0636. The predicted molar refractivity (Wildman–Crippen MR) is 82.9 cm³/mol. The van der Waals surface area contributed by atoms with Gasteiger partial charge in [-0.15, -0.1) is 10.2 Å². The molecule has 2 heterocycles. The minimum absolute atomic E-state index is 0.0636. The number of H-pyrrole nitrogens is 1. The number of likely N-dealkylation sites (tertiary alicyclic amines) is 1. The molecule has 1 saturated heterocycles. The number of carbonyl (C=O) groups is 1. The molecule has 1 N–H and O–H groups in total. The summed E-state index contributed by atoms with van der Waals surface area (Å²) < 4.78 is 0.491. The molecule has 0 aliphatic carbocycles. The van der Waals surface area contributed by atoms with Gasteiger partial charge in [0.05, 0.1) is 0 Å². The van der Waals surface area contributed by atoms with E-state index >= 15 is 0 Å². The second-order valence-electron chi connectivity index (χ2n) is 5.39. The molecule has 5 nitrogen and oxygen atoms in total. The maximum Gasteiger partial charge on any atom is 0.291 e. The Hall–Kier alpha value is -1.69. The van der Waals surface area contributed by atoms with E-state index in [9.17, 15) is 4.79 Å². The maximum atomic E-state index is 12.2. The molecule has 1 aromatic carbocycles. The summed E-state index contributed by atoms with van der Waals surface area (Å²) >= 11 is 3.17. The Bertz CT molecular complexity index is 605. The molecule has 0 spiro atoms. The van der Waals surface area contributed by atoms with Gasteiger partial charge in [0.1, 0.15) is 0 Å². The molecule has 1 aliphatic heterocycles. The Morgan fingerprint density at radius 3 is 2.57 bits per heavy atom. The van der Waals surface area contributed by atoms with Crippen LogP contribution in [0.15, 0.2) is 35.1 Å². The van der Waals surface area contributed by atoms with Crippen molar-refractivity contribution >= 4 is 21.8 Å². The number of nitrogens with zero attached hydrogens (tertiary/aromatic N) is 3. The highest BCUT2D eigenvalue weighted by molar-refractivity contribution is 9.10. The van der Waals surface area contributed by atoms with E-state index < -0.39 is 0 Å². The van der Waals surface area contributed by atoms with E-state index in [2.05, 4.69) is 55.4 Å². The van der Waals surface area contributed by atoms with Crippen LogP contribution in [0.2, 0.25) is 0 Å². The number of amides is 1. The third-order valence-corrected chi connectivity index (χ3v) is 4.29. The van der Waals surface area contributed by atoms with Gasteiger partial charge in [0.2, 0.25) is 5.82 Å². The first-order valence-electron chi connectivity index (χ1n) is 7.14. The molecule has 0 radical (unpaired) electrons. The number of benzene rings is 1. The highest BCUT2D eigenvalue weighted by Crippen LogP contribution is 2.22. The van der Waals surface area contributed by atoms with Crippen molar-refractivity contribution in [1.82, 2.24) is 20.1 Å². The fourth-order valence-electron chi connectivity index (χ4n) is 2.78. The Morgan fingerprint density at radius 1 is 1.24 bits per heavy atom. The highest BCUT2D eigenvalue weighted by Gasteiger charge is 2.25. The van der Waals surface area contributed by atoms with Crippen LogP contribution in [-0.2, 0) is 6.42 Å². The number of rotatable bonds is 3. The second kappa shape index (κ2) is 6.39. The van der Waals surface area contributed by atoms with Crippen molar-refractivity contribution in [2.75, 3.05) is 13.1 Å². The quantitative estimate of drug-likeness (QED) is 0.927.